The van der Waals surface area contributed by atoms with Crippen LogP contribution < -0.4 is 10.6 Å². The van der Waals surface area contributed by atoms with Gasteiger partial charge in [-0.25, -0.2) is 14.6 Å². The van der Waals surface area contributed by atoms with Crippen LogP contribution in [0.2, 0.25) is 0 Å². The normalized spacial score (nSPS) is 12.0. The van der Waals surface area contributed by atoms with E-state index in [2.05, 4.69) is 25.3 Å². The highest BCUT2D eigenvalue weighted by Gasteiger charge is 2.42. The first-order chi connectivity index (χ1) is 15.2. The van der Waals surface area contributed by atoms with Crippen molar-refractivity contribution >= 4 is 29.4 Å². The summed E-state index contributed by atoms with van der Waals surface area (Å²) in [4.78, 5) is 30.5. The number of aromatic nitrogens is 2. The van der Waals surface area contributed by atoms with Gasteiger partial charge in [0.05, 0.1) is 12.1 Å². The summed E-state index contributed by atoms with van der Waals surface area (Å²) in [5.41, 5.74) is 1.03. The molecule has 1 atom stereocenters. The Hall–Kier alpha value is -4.15. The van der Waals surface area contributed by atoms with Gasteiger partial charge in [-0.3, -0.25) is 0 Å². The molecule has 32 heavy (non-hydrogen) atoms. The molecular weight excluding hydrogens is 429 g/mol. The molecule has 0 radical (unpaired) electrons. The van der Waals surface area contributed by atoms with Crippen LogP contribution in [0.25, 0.3) is 0 Å². The first-order valence-electron chi connectivity index (χ1n) is 9.22. The minimum Gasteiger partial charge on any atom is -0.478 e. The molecule has 3 N–H and O–H groups in total. The van der Waals surface area contributed by atoms with E-state index in [-0.39, 0.29) is 23.9 Å². The molecule has 0 aliphatic carbocycles. The van der Waals surface area contributed by atoms with E-state index in [1.807, 2.05) is 0 Å². The van der Waals surface area contributed by atoms with E-state index in [1.54, 1.807) is 30.3 Å². The molecular formula is C21H17F3N4O4. The summed E-state index contributed by atoms with van der Waals surface area (Å²) in [5, 5.41) is 14.7. The second-order valence-corrected chi connectivity index (χ2v) is 6.46. The van der Waals surface area contributed by atoms with Gasteiger partial charge in [-0.1, -0.05) is 30.3 Å². The minimum absolute atomic E-state index is 0.118. The summed E-state index contributed by atoms with van der Waals surface area (Å²) in [6.07, 6.45) is -4.90. The highest BCUT2D eigenvalue weighted by molar-refractivity contribution is 5.88. The number of rotatable bonds is 8. The van der Waals surface area contributed by atoms with Crippen molar-refractivity contribution in [2.24, 2.45) is 0 Å². The fraction of sp³-hybridized carbons (Fsp3) is 0.143. The van der Waals surface area contributed by atoms with Crippen molar-refractivity contribution in [1.29, 1.82) is 0 Å². The maximum Gasteiger partial charge on any atom is 0.490 e. The van der Waals surface area contributed by atoms with E-state index in [9.17, 15) is 22.8 Å². The fourth-order valence-electron chi connectivity index (χ4n) is 2.63. The molecule has 8 nitrogen and oxygen atoms in total. The number of nitrogens with one attached hydrogen (secondary N) is 2. The Kier molecular flexibility index (Phi) is 6.88. The summed E-state index contributed by atoms with van der Waals surface area (Å²) >= 11 is 0. The number of aromatic carboxylic acids is 1. The molecule has 0 fully saturated rings. The monoisotopic (exact) mass is 446 g/mol. The highest BCUT2D eigenvalue weighted by Crippen LogP contribution is 2.24. The Labute approximate surface area is 180 Å². The van der Waals surface area contributed by atoms with Crippen molar-refractivity contribution in [3.63, 3.8) is 0 Å². The molecule has 0 amide bonds. The van der Waals surface area contributed by atoms with Crippen LogP contribution >= 0.6 is 0 Å². The minimum atomic E-state index is -5.12. The summed E-state index contributed by atoms with van der Waals surface area (Å²) < 4.78 is 42.6. The lowest BCUT2D eigenvalue weighted by Gasteiger charge is -2.20. The third-order valence-corrected chi connectivity index (χ3v) is 4.16. The van der Waals surface area contributed by atoms with Crippen LogP contribution in [0, 0.1) is 0 Å². The van der Waals surface area contributed by atoms with Crippen LogP contribution in [0.15, 0.2) is 66.9 Å². The summed E-state index contributed by atoms with van der Waals surface area (Å²) in [7, 11) is 0. The quantitative estimate of drug-likeness (QED) is 0.442. The number of esters is 1. The Morgan fingerprint density at radius 2 is 1.72 bits per heavy atom. The molecule has 0 spiro atoms. The molecule has 1 aromatic heterocycles. The molecule has 0 bridgehead atoms. The average Bonchev–Trinajstić information content (AvgIpc) is 2.77. The van der Waals surface area contributed by atoms with E-state index in [1.165, 1.54) is 36.5 Å². The largest absolute Gasteiger partial charge is 0.490 e. The van der Waals surface area contributed by atoms with E-state index >= 15 is 0 Å². The van der Waals surface area contributed by atoms with Crippen LogP contribution in [0.5, 0.6) is 0 Å². The third-order valence-electron chi connectivity index (χ3n) is 4.16. The van der Waals surface area contributed by atoms with Crippen LogP contribution in [-0.4, -0.2) is 39.7 Å². The molecule has 3 rings (SSSR count). The second kappa shape index (κ2) is 9.77. The molecule has 11 heteroatoms. The van der Waals surface area contributed by atoms with Gasteiger partial charge in [-0.2, -0.15) is 18.2 Å². The van der Waals surface area contributed by atoms with Gasteiger partial charge in [0, 0.05) is 11.9 Å². The number of carbonyl (C=O) groups is 2. The molecule has 0 saturated carbocycles. The number of ether oxygens (including phenoxy) is 1. The van der Waals surface area contributed by atoms with Crippen LogP contribution in [0.1, 0.15) is 22.0 Å². The van der Waals surface area contributed by atoms with Gasteiger partial charge >= 0.3 is 18.1 Å². The van der Waals surface area contributed by atoms with Crippen LogP contribution in [0.4, 0.5) is 30.6 Å². The first kappa shape index (κ1) is 22.5. The Morgan fingerprint density at radius 1 is 1.03 bits per heavy atom. The average molecular weight is 446 g/mol. The van der Waals surface area contributed by atoms with Crippen molar-refractivity contribution in [3.8, 4) is 0 Å². The van der Waals surface area contributed by atoms with Gasteiger partial charge in [-0.15, -0.1) is 0 Å². The van der Waals surface area contributed by atoms with Gasteiger partial charge in [0.15, 0.2) is 0 Å². The number of nitrogens with zero attached hydrogens (tertiary/aromatic N) is 2. The number of hydrogen-bond donors (Lipinski definition) is 3. The topological polar surface area (TPSA) is 113 Å². The molecule has 0 aliphatic rings. The molecule has 0 saturated heterocycles. The van der Waals surface area contributed by atoms with Crippen LogP contribution in [-0.2, 0) is 9.53 Å². The van der Waals surface area contributed by atoms with E-state index < -0.39 is 24.2 Å². The van der Waals surface area contributed by atoms with Crippen molar-refractivity contribution in [2.45, 2.75) is 12.3 Å². The molecule has 0 aliphatic heterocycles. The number of carboxylic acids is 1. The SMILES string of the molecule is O=C(O)c1ccc(Nc2nccc(NCC(OC(=O)C(F)(F)F)c3ccccc3)n2)cc1. The number of carboxylic acid groups (broad SMARTS) is 1. The highest BCUT2D eigenvalue weighted by atomic mass is 19.4. The Morgan fingerprint density at radius 3 is 2.34 bits per heavy atom. The van der Waals surface area contributed by atoms with Gasteiger partial charge in [0.1, 0.15) is 11.9 Å². The predicted octanol–water partition coefficient (Wildman–Crippen LogP) is 4.18. The maximum absolute atomic E-state index is 12.7. The van der Waals surface area contributed by atoms with Crippen LogP contribution in [0.3, 0.4) is 0 Å². The Balaban J connectivity index is 1.69. The zero-order valence-electron chi connectivity index (χ0n) is 16.3. The lowest BCUT2D eigenvalue weighted by molar-refractivity contribution is -0.204. The Bertz CT molecular complexity index is 1080. The zero-order chi connectivity index (χ0) is 23.1. The van der Waals surface area contributed by atoms with Gasteiger partial charge in [-0.05, 0) is 35.9 Å². The number of hydrogen-bond acceptors (Lipinski definition) is 7. The number of carbonyl (C=O) groups excluding carboxylic acids is 1. The zero-order valence-corrected chi connectivity index (χ0v) is 16.3. The molecule has 3 aromatic rings. The smallest absolute Gasteiger partial charge is 0.478 e. The van der Waals surface area contributed by atoms with Crippen molar-refractivity contribution < 1.29 is 32.6 Å². The summed E-state index contributed by atoms with van der Waals surface area (Å²) in [6, 6.07) is 15.4. The summed E-state index contributed by atoms with van der Waals surface area (Å²) in [5.74, 6) is -2.91. The molecule has 1 unspecified atom stereocenters. The van der Waals surface area contributed by atoms with Crippen molar-refractivity contribution in [2.75, 3.05) is 17.2 Å². The maximum atomic E-state index is 12.7. The van der Waals surface area contributed by atoms with Gasteiger partial charge in [0.2, 0.25) is 5.95 Å². The summed E-state index contributed by atoms with van der Waals surface area (Å²) in [6.45, 7) is -0.171. The molecule has 2 aromatic carbocycles. The molecule has 1 heterocycles. The second-order valence-electron chi connectivity index (χ2n) is 6.46. The van der Waals surface area contributed by atoms with E-state index in [4.69, 9.17) is 5.11 Å². The van der Waals surface area contributed by atoms with Crippen molar-refractivity contribution in [1.82, 2.24) is 9.97 Å². The van der Waals surface area contributed by atoms with Gasteiger partial charge < -0.3 is 20.5 Å². The van der Waals surface area contributed by atoms with E-state index in [0.29, 0.717) is 11.3 Å². The lowest BCUT2D eigenvalue weighted by Crippen LogP contribution is -2.29. The fourth-order valence-corrected chi connectivity index (χ4v) is 2.63. The van der Waals surface area contributed by atoms with E-state index in [0.717, 1.165) is 0 Å². The first-order valence-corrected chi connectivity index (χ1v) is 9.22. The number of halogens is 3. The predicted molar refractivity (Wildman–Crippen MR) is 109 cm³/mol. The number of alkyl halides is 3. The number of anilines is 3. The van der Waals surface area contributed by atoms with Crippen molar-refractivity contribution in [3.05, 3.63) is 78.0 Å². The van der Waals surface area contributed by atoms with Gasteiger partial charge in [0.25, 0.3) is 0 Å². The molecule has 166 valence electrons. The lowest BCUT2D eigenvalue weighted by atomic mass is 10.1. The number of benzene rings is 2. The standard InChI is InChI=1S/C21H17F3N4O4/c22-21(23,24)19(31)32-16(13-4-2-1-3-5-13)12-26-17-10-11-25-20(28-17)27-15-8-6-14(7-9-15)18(29)30/h1-11,16H,12H2,(H,29,30)(H2,25,26,27,28). The third kappa shape index (κ3) is 6.17.